The van der Waals surface area contributed by atoms with Gasteiger partial charge in [0.2, 0.25) is 0 Å². The van der Waals surface area contributed by atoms with Crippen LogP contribution in [0, 0.1) is 5.92 Å². The lowest BCUT2D eigenvalue weighted by molar-refractivity contribution is -0.149. The molecule has 0 spiro atoms. The summed E-state index contributed by atoms with van der Waals surface area (Å²) in [6.07, 6.45) is 3.43. The number of ether oxygens (including phenoxy) is 1. The van der Waals surface area contributed by atoms with Gasteiger partial charge in [-0.1, -0.05) is 24.3 Å². The summed E-state index contributed by atoms with van der Waals surface area (Å²) in [5.41, 5.74) is 3.94. The Balaban J connectivity index is 1.48. The molecule has 2 heterocycles. The average Bonchev–Trinajstić information content (AvgIpc) is 3.12. The second-order valence-electron chi connectivity index (χ2n) is 6.94. The average molecular weight is 369 g/mol. The number of fused-ring (bicyclic) bond motifs is 3. The van der Waals surface area contributed by atoms with Gasteiger partial charge in [-0.05, 0) is 55.4 Å². The minimum atomic E-state index is -0.122. The fourth-order valence-electron chi connectivity index (χ4n) is 3.91. The second-order valence-corrected chi connectivity index (χ2v) is 7.99. The van der Waals surface area contributed by atoms with Crippen LogP contribution in [0.5, 0.6) is 0 Å². The zero-order chi connectivity index (χ0) is 18.1. The Morgan fingerprint density at radius 1 is 1.15 bits per heavy atom. The number of nitrogens with zero attached hydrogens (tertiary/aromatic N) is 1. The van der Waals surface area contributed by atoms with Gasteiger partial charge in [0, 0.05) is 18.0 Å². The second kappa shape index (κ2) is 7.23. The molecule has 2 aromatic rings. The van der Waals surface area contributed by atoms with Gasteiger partial charge in [0.1, 0.15) is 0 Å². The first-order valence-corrected chi connectivity index (χ1v) is 10.2. The van der Waals surface area contributed by atoms with Gasteiger partial charge in [-0.2, -0.15) is 0 Å². The summed E-state index contributed by atoms with van der Waals surface area (Å²) in [6, 6.07) is 10.6. The first kappa shape index (κ1) is 17.3. The lowest BCUT2D eigenvalue weighted by Gasteiger charge is -2.30. The zero-order valence-electron chi connectivity index (χ0n) is 15.0. The van der Waals surface area contributed by atoms with E-state index in [1.165, 1.54) is 21.6 Å². The number of carbonyl (C=O) groups excluding carboxylic acids is 2. The fraction of sp³-hybridized carbons (Fsp3) is 0.429. The number of likely N-dealkylation sites (tertiary alicyclic amines) is 1. The minimum absolute atomic E-state index is 0.0672. The van der Waals surface area contributed by atoms with E-state index in [1.807, 2.05) is 11.8 Å². The number of hydrogen-bond acceptors (Lipinski definition) is 4. The maximum Gasteiger partial charge on any atom is 0.309 e. The standard InChI is InChI=1S/C21H23NO3S/c1-2-25-21(24)15-9-11-22(12-10-15)20(23)18-13-16-8-7-14-5-3-4-6-17(14)19(16)26-18/h3-6,13,15H,2,7-12H2,1H3. The summed E-state index contributed by atoms with van der Waals surface area (Å²) in [7, 11) is 0. The van der Waals surface area contributed by atoms with E-state index >= 15 is 0 Å². The molecule has 0 radical (unpaired) electrons. The summed E-state index contributed by atoms with van der Waals surface area (Å²) >= 11 is 1.61. The van der Waals surface area contributed by atoms with Crippen molar-refractivity contribution in [3.63, 3.8) is 0 Å². The normalized spacial score (nSPS) is 16.7. The van der Waals surface area contributed by atoms with E-state index in [0.717, 1.165) is 17.7 Å². The van der Waals surface area contributed by atoms with E-state index in [1.54, 1.807) is 11.3 Å². The summed E-state index contributed by atoms with van der Waals surface area (Å²) in [5, 5.41) is 0. The molecule has 4 rings (SSSR count). The van der Waals surface area contributed by atoms with E-state index in [4.69, 9.17) is 4.74 Å². The van der Waals surface area contributed by atoms with Crippen molar-refractivity contribution in [3.8, 4) is 10.4 Å². The van der Waals surface area contributed by atoms with Crippen molar-refractivity contribution < 1.29 is 14.3 Å². The van der Waals surface area contributed by atoms with Crippen molar-refractivity contribution in [2.24, 2.45) is 5.92 Å². The molecule has 4 nitrogen and oxygen atoms in total. The van der Waals surface area contributed by atoms with Gasteiger partial charge in [-0.3, -0.25) is 9.59 Å². The number of carbonyl (C=O) groups is 2. The Hall–Kier alpha value is -2.14. The molecule has 0 bridgehead atoms. The summed E-state index contributed by atoms with van der Waals surface area (Å²) < 4.78 is 5.11. The quantitative estimate of drug-likeness (QED) is 0.770. The number of rotatable bonds is 3. The molecule has 5 heteroatoms. The number of esters is 1. The minimum Gasteiger partial charge on any atom is -0.466 e. The monoisotopic (exact) mass is 369 g/mol. The van der Waals surface area contributed by atoms with Crippen LogP contribution in [0.2, 0.25) is 0 Å². The molecule has 1 aliphatic heterocycles. The number of amides is 1. The lowest BCUT2D eigenvalue weighted by Crippen LogP contribution is -2.40. The van der Waals surface area contributed by atoms with E-state index < -0.39 is 0 Å². The van der Waals surface area contributed by atoms with Gasteiger partial charge < -0.3 is 9.64 Å². The Kier molecular flexibility index (Phi) is 4.81. The molecular weight excluding hydrogens is 346 g/mol. The number of hydrogen-bond donors (Lipinski definition) is 0. The van der Waals surface area contributed by atoms with Gasteiger partial charge in [0.25, 0.3) is 5.91 Å². The Morgan fingerprint density at radius 3 is 2.65 bits per heavy atom. The van der Waals surface area contributed by atoms with E-state index in [0.29, 0.717) is 32.5 Å². The van der Waals surface area contributed by atoms with Crippen molar-refractivity contribution in [2.45, 2.75) is 32.6 Å². The van der Waals surface area contributed by atoms with E-state index in [-0.39, 0.29) is 17.8 Å². The SMILES string of the molecule is CCOC(=O)C1CCN(C(=O)c2cc3c(s2)-c2ccccc2CC3)CC1. The largest absolute Gasteiger partial charge is 0.466 e. The molecule has 1 aliphatic carbocycles. The molecule has 1 fully saturated rings. The Morgan fingerprint density at radius 2 is 1.88 bits per heavy atom. The Bertz CT molecular complexity index is 834. The van der Waals surface area contributed by atoms with Crippen LogP contribution >= 0.6 is 11.3 Å². The van der Waals surface area contributed by atoms with Gasteiger partial charge in [0.05, 0.1) is 17.4 Å². The topological polar surface area (TPSA) is 46.6 Å². The molecule has 0 N–H and O–H groups in total. The van der Waals surface area contributed by atoms with Crippen molar-refractivity contribution in [1.29, 1.82) is 0 Å². The summed E-state index contributed by atoms with van der Waals surface area (Å²) in [6.45, 7) is 3.50. The molecule has 26 heavy (non-hydrogen) atoms. The molecular formula is C21H23NO3S. The molecule has 1 aromatic carbocycles. The number of aryl methyl sites for hydroxylation is 2. The van der Waals surface area contributed by atoms with Crippen molar-refractivity contribution in [1.82, 2.24) is 4.90 Å². The Labute approximate surface area is 157 Å². The van der Waals surface area contributed by atoms with Crippen LogP contribution in [0.4, 0.5) is 0 Å². The van der Waals surface area contributed by atoms with Crippen LogP contribution in [0.3, 0.4) is 0 Å². The van der Waals surface area contributed by atoms with Gasteiger partial charge in [-0.25, -0.2) is 0 Å². The number of piperidine rings is 1. The molecule has 136 valence electrons. The predicted octanol–water partition coefficient (Wildman–Crippen LogP) is 3.93. The molecule has 1 aromatic heterocycles. The molecule has 0 saturated carbocycles. The predicted molar refractivity (Wildman–Crippen MR) is 102 cm³/mol. The first-order valence-electron chi connectivity index (χ1n) is 9.34. The molecule has 0 atom stereocenters. The number of benzene rings is 1. The molecule has 0 unspecified atom stereocenters. The third-order valence-electron chi connectivity index (χ3n) is 5.35. The van der Waals surface area contributed by atoms with E-state index in [9.17, 15) is 9.59 Å². The van der Waals surface area contributed by atoms with Crippen LogP contribution in [-0.4, -0.2) is 36.5 Å². The van der Waals surface area contributed by atoms with Crippen LogP contribution < -0.4 is 0 Å². The zero-order valence-corrected chi connectivity index (χ0v) is 15.8. The highest BCUT2D eigenvalue weighted by Crippen LogP contribution is 2.40. The molecule has 1 saturated heterocycles. The van der Waals surface area contributed by atoms with Crippen molar-refractivity contribution in [3.05, 3.63) is 46.3 Å². The highest BCUT2D eigenvalue weighted by atomic mass is 32.1. The van der Waals surface area contributed by atoms with Gasteiger partial charge >= 0.3 is 5.97 Å². The smallest absolute Gasteiger partial charge is 0.309 e. The number of thiophene rings is 1. The van der Waals surface area contributed by atoms with Gasteiger partial charge in [0.15, 0.2) is 0 Å². The van der Waals surface area contributed by atoms with Crippen LogP contribution in [0.15, 0.2) is 30.3 Å². The highest BCUT2D eigenvalue weighted by Gasteiger charge is 2.30. The lowest BCUT2D eigenvalue weighted by atomic mass is 9.91. The van der Waals surface area contributed by atoms with Crippen LogP contribution in [0.1, 0.15) is 40.6 Å². The van der Waals surface area contributed by atoms with Crippen molar-refractivity contribution >= 4 is 23.2 Å². The van der Waals surface area contributed by atoms with Crippen molar-refractivity contribution in [2.75, 3.05) is 19.7 Å². The summed E-state index contributed by atoms with van der Waals surface area (Å²) in [4.78, 5) is 28.8. The van der Waals surface area contributed by atoms with Crippen LogP contribution in [0.25, 0.3) is 10.4 Å². The van der Waals surface area contributed by atoms with Crippen LogP contribution in [-0.2, 0) is 22.4 Å². The molecule has 2 aliphatic rings. The maximum absolute atomic E-state index is 13.0. The third-order valence-corrected chi connectivity index (χ3v) is 6.55. The van der Waals surface area contributed by atoms with E-state index in [2.05, 4.69) is 30.3 Å². The fourth-order valence-corrected chi connectivity index (χ4v) is 5.15. The van der Waals surface area contributed by atoms with Gasteiger partial charge in [-0.15, -0.1) is 11.3 Å². The summed E-state index contributed by atoms with van der Waals surface area (Å²) in [5.74, 6) is -0.0885. The first-order chi connectivity index (χ1) is 12.7. The third kappa shape index (κ3) is 3.16. The highest BCUT2D eigenvalue weighted by molar-refractivity contribution is 7.17. The maximum atomic E-state index is 13.0. The molecule has 1 amide bonds.